The van der Waals surface area contributed by atoms with Crippen molar-refractivity contribution < 1.29 is 9.47 Å². The molecule has 12 heteroatoms. The number of aromatic amines is 1. The van der Waals surface area contributed by atoms with Crippen LogP contribution in [0.15, 0.2) is 30.3 Å². The Bertz CT molecular complexity index is 1430. The van der Waals surface area contributed by atoms with Crippen LogP contribution in [0.1, 0.15) is 68.0 Å². The van der Waals surface area contributed by atoms with E-state index in [0.29, 0.717) is 47.3 Å². The molecule has 0 amide bonds. The molecule has 4 rings (SSSR count). The first-order valence-electron chi connectivity index (χ1n) is 12.5. The Labute approximate surface area is 220 Å². The third kappa shape index (κ3) is 5.05. The number of rotatable bonds is 12. The summed E-state index contributed by atoms with van der Waals surface area (Å²) in [5, 5.41) is 38.0. The lowest BCUT2D eigenvalue weighted by molar-refractivity contribution is -0.225. The third-order valence-electron chi connectivity index (χ3n) is 6.41. The molecule has 0 saturated heterocycles. The van der Waals surface area contributed by atoms with E-state index in [0.717, 1.165) is 37.1 Å². The predicted molar refractivity (Wildman–Crippen MR) is 137 cm³/mol. The number of aryl methyl sites for hydroxylation is 1. The molecule has 0 spiro atoms. The van der Waals surface area contributed by atoms with Crippen molar-refractivity contribution >= 4 is 0 Å². The molecule has 0 aliphatic heterocycles. The van der Waals surface area contributed by atoms with E-state index in [9.17, 15) is 10.5 Å². The summed E-state index contributed by atoms with van der Waals surface area (Å²) in [7, 11) is 3.23. The second kappa shape index (κ2) is 11.8. The zero-order chi connectivity index (χ0) is 27.1. The summed E-state index contributed by atoms with van der Waals surface area (Å²) in [5.74, 6) is 0.704. The molecule has 3 heterocycles. The number of nitrogens with zero attached hydrogens (tertiary/aromatic N) is 9. The van der Waals surface area contributed by atoms with Crippen molar-refractivity contribution in [1.29, 1.82) is 10.5 Å². The van der Waals surface area contributed by atoms with Crippen LogP contribution >= 0.6 is 0 Å². The van der Waals surface area contributed by atoms with E-state index in [4.69, 9.17) is 19.6 Å². The maximum Gasteiger partial charge on any atom is 0.231 e. The van der Waals surface area contributed by atoms with Crippen molar-refractivity contribution in [3.63, 3.8) is 0 Å². The number of hydrogen-bond donors (Lipinski definition) is 1. The van der Waals surface area contributed by atoms with Crippen LogP contribution in [0.3, 0.4) is 0 Å². The molecule has 3 aromatic heterocycles. The van der Waals surface area contributed by atoms with Gasteiger partial charge in [0.2, 0.25) is 11.6 Å². The van der Waals surface area contributed by atoms with Crippen molar-refractivity contribution in [1.82, 2.24) is 40.0 Å². The van der Waals surface area contributed by atoms with Gasteiger partial charge >= 0.3 is 0 Å². The van der Waals surface area contributed by atoms with E-state index in [2.05, 4.69) is 46.6 Å². The summed E-state index contributed by atoms with van der Waals surface area (Å²) >= 11 is 0. The summed E-state index contributed by atoms with van der Waals surface area (Å²) in [6, 6.07) is 13.5. The number of H-pyrrole nitrogens is 1. The third-order valence-corrected chi connectivity index (χ3v) is 6.41. The summed E-state index contributed by atoms with van der Waals surface area (Å²) in [6.45, 7) is 4.71. The fraction of sp³-hybridized carbons (Fsp3) is 0.423. The molecule has 0 radical (unpaired) electrons. The Morgan fingerprint density at radius 2 is 1.82 bits per heavy atom. The van der Waals surface area contributed by atoms with Crippen molar-refractivity contribution in [2.24, 2.45) is 0 Å². The number of aromatic nitrogens is 8. The Kier molecular flexibility index (Phi) is 8.26. The Balaban J connectivity index is 1.69. The van der Waals surface area contributed by atoms with E-state index in [1.54, 1.807) is 18.8 Å². The highest BCUT2D eigenvalue weighted by molar-refractivity contribution is 5.67. The van der Waals surface area contributed by atoms with Gasteiger partial charge in [-0.1, -0.05) is 38.8 Å². The molecule has 0 fully saturated rings. The van der Waals surface area contributed by atoms with Crippen LogP contribution in [0, 0.1) is 22.7 Å². The highest BCUT2D eigenvalue weighted by atomic mass is 16.7. The number of tetrazole rings is 1. The number of nitrogens with one attached hydrogen (secondary N) is 1. The summed E-state index contributed by atoms with van der Waals surface area (Å²) in [6.07, 6.45) is 4.31. The lowest BCUT2D eigenvalue weighted by Gasteiger charge is -2.27. The van der Waals surface area contributed by atoms with Crippen LogP contribution in [0.5, 0.6) is 0 Å². The summed E-state index contributed by atoms with van der Waals surface area (Å²) in [5.41, 5.74) is 2.72. The predicted octanol–water partition coefficient (Wildman–Crippen LogP) is 3.63. The number of methoxy groups -OCH3 is 2. The second-order valence-electron chi connectivity index (χ2n) is 8.79. The highest BCUT2D eigenvalue weighted by Crippen LogP contribution is 2.30. The molecule has 38 heavy (non-hydrogen) atoms. The van der Waals surface area contributed by atoms with Crippen molar-refractivity contribution in [3.05, 3.63) is 58.8 Å². The number of unbranched alkanes of at least 4 members (excludes halogenated alkanes) is 1. The first-order valence-corrected chi connectivity index (χ1v) is 12.5. The van der Waals surface area contributed by atoms with Gasteiger partial charge < -0.3 is 9.47 Å². The monoisotopic (exact) mass is 514 g/mol. The van der Waals surface area contributed by atoms with Crippen molar-refractivity contribution in [3.8, 4) is 29.3 Å². The van der Waals surface area contributed by atoms with Crippen molar-refractivity contribution in [2.75, 3.05) is 14.2 Å². The van der Waals surface area contributed by atoms with E-state index >= 15 is 0 Å². The van der Waals surface area contributed by atoms with Gasteiger partial charge in [-0.3, -0.25) is 4.57 Å². The van der Waals surface area contributed by atoms with Crippen LogP contribution in [0.4, 0.5) is 0 Å². The zero-order valence-corrected chi connectivity index (χ0v) is 22.0. The minimum atomic E-state index is -0.989. The smallest absolute Gasteiger partial charge is 0.231 e. The van der Waals surface area contributed by atoms with E-state index in [1.807, 2.05) is 28.9 Å². The molecular weight excluding hydrogens is 484 g/mol. The van der Waals surface area contributed by atoms with Crippen LogP contribution in [-0.4, -0.2) is 54.2 Å². The minimum Gasteiger partial charge on any atom is -0.347 e. The lowest BCUT2D eigenvalue weighted by atomic mass is 10.1. The summed E-state index contributed by atoms with van der Waals surface area (Å²) < 4.78 is 15.1. The standard InChI is InChI=1S/C26H30N10O2/c1-5-7-8-22-29-25(26(37-3,38-4)13-6-2)32-35(22)17-18-9-11-20(12-10-18)36-21(16-28)14-19(15-27)23(36)24-30-33-34-31-24/h9-12,14H,5-8,13,17H2,1-4H3,(H,30,31,33,34). The van der Waals surface area contributed by atoms with E-state index in [1.165, 1.54) is 6.07 Å². The van der Waals surface area contributed by atoms with Gasteiger partial charge in [-0.25, -0.2) is 14.8 Å². The van der Waals surface area contributed by atoms with E-state index in [-0.39, 0.29) is 0 Å². The Morgan fingerprint density at radius 3 is 2.39 bits per heavy atom. The average molecular weight is 515 g/mol. The molecule has 0 aliphatic carbocycles. The van der Waals surface area contributed by atoms with Crippen LogP contribution in [0.25, 0.3) is 17.2 Å². The highest BCUT2D eigenvalue weighted by Gasteiger charge is 2.36. The average Bonchev–Trinajstić information content (AvgIpc) is 3.70. The summed E-state index contributed by atoms with van der Waals surface area (Å²) in [4.78, 5) is 4.83. The Morgan fingerprint density at radius 1 is 1.05 bits per heavy atom. The molecule has 4 aromatic rings. The molecule has 196 valence electrons. The molecule has 0 bridgehead atoms. The van der Waals surface area contributed by atoms with Gasteiger partial charge in [0.25, 0.3) is 0 Å². The number of benzene rings is 1. The molecule has 0 aliphatic rings. The van der Waals surface area contributed by atoms with Crippen molar-refractivity contribution in [2.45, 2.75) is 58.3 Å². The molecular formula is C26H30N10O2. The minimum absolute atomic E-state index is 0.298. The maximum absolute atomic E-state index is 9.73. The molecule has 0 saturated carbocycles. The van der Waals surface area contributed by atoms with Crippen LogP contribution in [-0.2, 0) is 28.2 Å². The zero-order valence-electron chi connectivity index (χ0n) is 22.0. The quantitative estimate of drug-likeness (QED) is 0.279. The number of hydrogen-bond acceptors (Lipinski definition) is 9. The molecule has 0 atom stereocenters. The fourth-order valence-electron chi connectivity index (χ4n) is 4.46. The SMILES string of the molecule is CCCCc1nc(C(CCC)(OC)OC)nn1Cc1ccc(-n2c(C#N)cc(C#N)c2-c2nnn[nH]2)cc1. The number of nitriles is 2. The van der Waals surface area contributed by atoms with Crippen LogP contribution in [0.2, 0.25) is 0 Å². The van der Waals surface area contributed by atoms with Gasteiger partial charge in [-0.2, -0.15) is 10.5 Å². The molecule has 0 unspecified atom stereocenters. The first-order chi connectivity index (χ1) is 18.5. The van der Waals surface area contributed by atoms with Gasteiger partial charge in [-0.15, -0.1) is 10.2 Å². The van der Waals surface area contributed by atoms with Gasteiger partial charge in [0.05, 0.1) is 12.1 Å². The molecule has 1 N–H and O–H groups in total. The topological polar surface area (TPSA) is 156 Å². The van der Waals surface area contributed by atoms with Crippen LogP contribution < -0.4 is 0 Å². The lowest BCUT2D eigenvalue weighted by Crippen LogP contribution is -2.32. The maximum atomic E-state index is 9.73. The molecule has 12 nitrogen and oxygen atoms in total. The first kappa shape index (κ1) is 26.7. The normalized spacial score (nSPS) is 11.4. The second-order valence-corrected chi connectivity index (χ2v) is 8.79. The van der Waals surface area contributed by atoms with E-state index < -0.39 is 5.79 Å². The fourth-order valence-corrected chi connectivity index (χ4v) is 4.46. The van der Waals surface area contributed by atoms with Gasteiger partial charge in [0.1, 0.15) is 29.4 Å². The Hall–Kier alpha value is -4.39. The van der Waals surface area contributed by atoms with Gasteiger partial charge in [-0.05, 0) is 40.6 Å². The number of ether oxygens (including phenoxy) is 2. The molecule has 1 aromatic carbocycles. The largest absolute Gasteiger partial charge is 0.347 e. The van der Waals surface area contributed by atoms with Gasteiger partial charge in [0.15, 0.2) is 5.82 Å². The van der Waals surface area contributed by atoms with Gasteiger partial charge in [0, 0.05) is 32.7 Å².